The Morgan fingerprint density at radius 1 is 1.17 bits per heavy atom. The fourth-order valence-corrected chi connectivity index (χ4v) is 1.94. The fraction of sp³-hybridized carbons (Fsp3) is 0.368. The molecule has 2 rings (SSSR count). The van der Waals surface area contributed by atoms with E-state index in [-0.39, 0.29) is 12.2 Å². The number of carbonyl (C=O) groups is 2. The molecular weight excluding hydrogens is 308 g/mol. The molecule has 0 amide bonds. The molecule has 0 N–H and O–H groups in total. The second-order valence-corrected chi connectivity index (χ2v) is 6.59. The van der Waals surface area contributed by atoms with Crippen molar-refractivity contribution in [3.8, 4) is 18.1 Å². The van der Waals surface area contributed by atoms with E-state index in [2.05, 4.69) is 5.92 Å². The lowest BCUT2D eigenvalue weighted by Gasteiger charge is -2.42. The van der Waals surface area contributed by atoms with Crippen molar-refractivity contribution in [2.45, 2.75) is 33.5 Å². The lowest BCUT2D eigenvalue weighted by atomic mass is 9.85. The molecule has 1 aromatic rings. The van der Waals surface area contributed by atoms with Crippen LogP contribution in [0, 0.1) is 17.8 Å². The average Bonchev–Trinajstić information content (AvgIpc) is 2.49. The van der Waals surface area contributed by atoms with Crippen LogP contribution in [0.5, 0.6) is 5.75 Å². The number of carbonyl (C=O) groups excluding carboxylic acids is 2. The van der Waals surface area contributed by atoms with Gasteiger partial charge in [-0.05, 0) is 23.8 Å². The maximum atomic E-state index is 12.2. The summed E-state index contributed by atoms with van der Waals surface area (Å²) >= 11 is 0. The maximum absolute atomic E-state index is 12.2. The predicted molar refractivity (Wildman–Crippen MR) is 88.8 cm³/mol. The Morgan fingerprint density at radius 3 is 2.17 bits per heavy atom. The minimum absolute atomic E-state index is 0.144. The molecule has 0 saturated carbocycles. The van der Waals surface area contributed by atoms with Gasteiger partial charge in [-0.15, -0.1) is 6.42 Å². The number of rotatable bonds is 3. The summed E-state index contributed by atoms with van der Waals surface area (Å²) in [7, 11) is 0. The summed E-state index contributed by atoms with van der Waals surface area (Å²) in [4.78, 5) is 24.5. The van der Waals surface area contributed by atoms with E-state index in [9.17, 15) is 9.59 Å². The standard InChI is InChI=1S/C19H20O5/c1-6-11-22-14-9-7-13(8-10-14)12-15-16(20)23-19(5,18(2,3)4)24-17(15)21/h1,7-10,12H,11H2,2-5H3. The van der Waals surface area contributed by atoms with Crippen LogP contribution < -0.4 is 4.74 Å². The molecule has 1 aliphatic heterocycles. The summed E-state index contributed by atoms with van der Waals surface area (Å²) in [6, 6.07) is 6.80. The first-order valence-corrected chi connectivity index (χ1v) is 7.51. The fourth-order valence-electron chi connectivity index (χ4n) is 1.94. The quantitative estimate of drug-likeness (QED) is 0.369. The zero-order chi connectivity index (χ0) is 18.0. The Bertz CT molecular complexity index is 694. The van der Waals surface area contributed by atoms with Crippen molar-refractivity contribution in [3.05, 3.63) is 35.4 Å². The molecule has 0 unspecified atom stereocenters. The first-order valence-electron chi connectivity index (χ1n) is 7.51. The van der Waals surface area contributed by atoms with Gasteiger partial charge in [0.2, 0.25) is 0 Å². The normalized spacial score (nSPS) is 20.7. The molecule has 1 aliphatic rings. The molecule has 24 heavy (non-hydrogen) atoms. The van der Waals surface area contributed by atoms with E-state index in [4.69, 9.17) is 20.6 Å². The highest BCUT2D eigenvalue weighted by atomic mass is 16.7. The van der Waals surface area contributed by atoms with Crippen molar-refractivity contribution in [1.29, 1.82) is 0 Å². The van der Waals surface area contributed by atoms with Crippen LogP contribution in [0.15, 0.2) is 29.8 Å². The van der Waals surface area contributed by atoms with E-state index in [0.29, 0.717) is 11.3 Å². The van der Waals surface area contributed by atoms with E-state index in [1.807, 2.05) is 20.8 Å². The van der Waals surface area contributed by atoms with Crippen LogP contribution in [0.1, 0.15) is 33.3 Å². The van der Waals surface area contributed by atoms with Crippen molar-refractivity contribution in [3.63, 3.8) is 0 Å². The second kappa shape index (κ2) is 6.40. The van der Waals surface area contributed by atoms with Gasteiger partial charge in [-0.3, -0.25) is 0 Å². The van der Waals surface area contributed by atoms with E-state index >= 15 is 0 Å². The Labute approximate surface area is 141 Å². The number of cyclic esters (lactones) is 2. The van der Waals surface area contributed by atoms with E-state index in [1.165, 1.54) is 6.08 Å². The monoisotopic (exact) mass is 328 g/mol. The Kier molecular flexibility index (Phi) is 4.70. The van der Waals surface area contributed by atoms with Gasteiger partial charge in [0.05, 0.1) is 0 Å². The van der Waals surface area contributed by atoms with E-state index in [0.717, 1.165) is 0 Å². The van der Waals surface area contributed by atoms with Crippen molar-refractivity contribution in [2.24, 2.45) is 5.41 Å². The second-order valence-electron chi connectivity index (χ2n) is 6.59. The third-order valence-electron chi connectivity index (χ3n) is 3.89. The molecule has 0 radical (unpaired) electrons. The molecule has 0 aliphatic carbocycles. The van der Waals surface area contributed by atoms with Crippen molar-refractivity contribution in [1.82, 2.24) is 0 Å². The minimum Gasteiger partial charge on any atom is -0.481 e. The number of hydrogen-bond donors (Lipinski definition) is 0. The molecule has 1 aromatic carbocycles. The average molecular weight is 328 g/mol. The third kappa shape index (κ3) is 3.60. The maximum Gasteiger partial charge on any atom is 0.348 e. The highest BCUT2D eigenvalue weighted by Gasteiger charge is 2.50. The third-order valence-corrected chi connectivity index (χ3v) is 3.89. The highest BCUT2D eigenvalue weighted by molar-refractivity contribution is 6.18. The van der Waals surface area contributed by atoms with Crippen LogP contribution in [-0.2, 0) is 19.1 Å². The summed E-state index contributed by atoms with van der Waals surface area (Å²) in [6.07, 6.45) is 6.55. The molecule has 1 saturated heterocycles. The molecule has 5 heteroatoms. The van der Waals surface area contributed by atoms with Crippen molar-refractivity contribution >= 4 is 18.0 Å². The molecule has 1 heterocycles. The van der Waals surface area contributed by atoms with Gasteiger partial charge in [-0.2, -0.15) is 0 Å². The van der Waals surface area contributed by atoms with Gasteiger partial charge < -0.3 is 14.2 Å². The molecule has 0 atom stereocenters. The topological polar surface area (TPSA) is 61.8 Å². The number of benzene rings is 1. The lowest BCUT2D eigenvalue weighted by molar-refractivity contribution is -0.261. The van der Waals surface area contributed by atoms with Crippen LogP contribution in [0.2, 0.25) is 0 Å². The van der Waals surface area contributed by atoms with E-state index < -0.39 is 23.1 Å². The largest absolute Gasteiger partial charge is 0.481 e. The van der Waals surface area contributed by atoms with Gasteiger partial charge in [0, 0.05) is 12.3 Å². The summed E-state index contributed by atoms with van der Waals surface area (Å²) in [5, 5.41) is 0. The minimum atomic E-state index is -1.30. The SMILES string of the molecule is C#CCOc1ccc(C=C2C(=O)OC(C)(C(C)(C)C)OC2=O)cc1. The summed E-state index contributed by atoms with van der Waals surface area (Å²) in [6.45, 7) is 7.24. The number of terminal acetylenes is 1. The van der Waals surface area contributed by atoms with E-state index in [1.54, 1.807) is 31.2 Å². The lowest BCUT2D eigenvalue weighted by Crippen LogP contribution is -2.52. The number of hydrogen-bond acceptors (Lipinski definition) is 5. The molecular formula is C19H20O5. The Hall–Kier alpha value is -2.74. The zero-order valence-electron chi connectivity index (χ0n) is 14.2. The van der Waals surface area contributed by atoms with Gasteiger partial charge >= 0.3 is 11.9 Å². The number of ether oxygens (including phenoxy) is 3. The molecule has 1 fully saturated rings. The van der Waals surface area contributed by atoms with Crippen LogP contribution in [-0.4, -0.2) is 24.3 Å². The Morgan fingerprint density at radius 2 is 1.71 bits per heavy atom. The first-order chi connectivity index (χ1) is 11.2. The first kappa shape index (κ1) is 17.6. The molecule has 0 aromatic heterocycles. The van der Waals surface area contributed by atoms with Gasteiger partial charge in [-0.25, -0.2) is 9.59 Å². The zero-order valence-corrected chi connectivity index (χ0v) is 14.2. The molecule has 0 spiro atoms. The predicted octanol–water partition coefficient (Wildman–Crippen LogP) is 2.94. The van der Waals surface area contributed by atoms with Crippen LogP contribution in [0.3, 0.4) is 0 Å². The van der Waals surface area contributed by atoms with Gasteiger partial charge in [-0.1, -0.05) is 38.8 Å². The summed E-state index contributed by atoms with van der Waals surface area (Å²) < 4.78 is 16.0. The van der Waals surface area contributed by atoms with Crippen molar-refractivity contribution < 1.29 is 23.8 Å². The highest BCUT2D eigenvalue weighted by Crippen LogP contribution is 2.38. The van der Waals surface area contributed by atoms with Crippen LogP contribution >= 0.6 is 0 Å². The van der Waals surface area contributed by atoms with Crippen LogP contribution in [0.25, 0.3) is 6.08 Å². The smallest absolute Gasteiger partial charge is 0.348 e. The Balaban J connectivity index is 2.21. The van der Waals surface area contributed by atoms with Crippen molar-refractivity contribution in [2.75, 3.05) is 6.61 Å². The van der Waals surface area contributed by atoms with Gasteiger partial charge in [0.1, 0.15) is 17.9 Å². The summed E-state index contributed by atoms with van der Waals surface area (Å²) in [5.74, 6) is 0.277. The molecule has 126 valence electrons. The van der Waals surface area contributed by atoms with Gasteiger partial charge in [0.15, 0.2) is 0 Å². The van der Waals surface area contributed by atoms with Gasteiger partial charge in [0.25, 0.3) is 5.79 Å². The molecule has 5 nitrogen and oxygen atoms in total. The number of esters is 2. The van der Waals surface area contributed by atoms with Crippen LogP contribution in [0.4, 0.5) is 0 Å². The molecule has 0 bridgehead atoms. The summed E-state index contributed by atoms with van der Waals surface area (Å²) in [5.41, 5.74) is -0.0415.